The molecule has 7 nitrogen and oxygen atoms in total. The Morgan fingerprint density at radius 1 is 1.50 bits per heavy atom. The number of hydrogen-bond donors (Lipinski definition) is 2. The van der Waals surface area contributed by atoms with Crippen LogP contribution in [0, 0.1) is 0 Å². The largest absolute Gasteiger partial charge is 0.480 e. The molecule has 2 amide bonds. The fourth-order valence-corrected chi connectivity index (χ4v) is 4.57. The number of β-lactam (4-membered cyclic amide) rings is 1. The van der Waals surface area contributed by atoms with Crippen LogP contribution in [0.2, 0.25) is 0 Å². The Morgan fingerprint density at radius 2 is 2.23 bits per heavy atom. The number of aliphatic carboxylic acids is 1. The summed E-state index contributed by atoms with van der Waals surface area (Å²) in [5.74, 6) is -1.64. The zero-order valence-corrected chi connectivity index (χ0v) is 12.9. The van der Waals surface area contributed by atoms with Gasteiger partial charge in [-0.2, -0.15) is 0 Å². The van der Waals surface area contributed by atoms with Crippen molar-refractivity contribution < 1.29 is 23.9 Å². The van der Waals surface area contributed by atoms with Crippen molar-refractivity contribution in [2.45, 2.75) is 42.5 Å². The number of hydrogen-bond acceptors (Lipinski definition) is 5. The Kier molecular flexibility index (Phi) is 3.43. The first kappa shape index (κ1) is 15.0. The molecule has 1 aromatic rings. The zero-order valence-electron chi connectivity index (χ0n) is 12.1. The molecule has 3 rings (SSSR count). The lowest BCUT2D eigenvalue weighted by atomic mass is 9.96. The highest BCUT2D eigenvalue weighted by Crippen LogP contribution is 2.50. The molecule has 3 heterocycles. The number of carbonyl (C=O) groups excluding carboxylic acids is 2. The van der Waals surface area contributed by atoms with Gasteiger partial charge in [-0.1, -0.05) is 0 Å². The Hall–Kier alpha value is -1.96. The van der Waals surface area contributed by atoms with E-state index in [0.29, 0.717) is 0 Å². The van der Waals surface area contributed by atoms with E-state index in [4.69, 9.17) is 4.42 Å². The Labute approximate surface area is 131 Å². The van der Waals surface area contributed by atoms with Gasteiger partial charge in [0.15, 0.2) is 0 Å². The summed E-state index contributed by atoms with van der Waals surface area (Å²) in [5, 5.41) is 11.7. The zero-order chi connectivity index (χ0) is 16.1. The molecule has 8 heteroatoms. The fourth-order valence-electron chi connectivity index (χ4n) is 2.95. The standard InChI is InChI=1S/C14H16N2O5S/c1-14(2)10(13(19)20)16-11(18)9(12(16)22-14)15-8(17)5-7-3-4-21-6-7/h3-4,6,9-10,12H,5H2,1-2H3,(H,15,17)(H,19,20)/t9-,10+,12-/m1/s1. The van der Waals surface area contributed by atoms with E-state index < -0.39 is 22.8 Å². The SMILES string of the molecule is CC1(C)S[C@@H]2[C@H](NC(=O)Cc3ccoc3)C(=O)N2[C@H]1C(=O)O. The summed E-state index contributed by atoms with van der Waals surface area (Å²) in [6, 6.07) is 0.160. The lowest BCUT2D eigenvalue weighted by molar-refractivity contribution is -0.161. The minimum Gasteiger partial charge on any atom is -0.480 e. The van der Waals surface area contributed by atoms with Crippen LogP contribution in [0.5, 0.6) is 0 Å². The van der Waals surface area contributed by atoms with Crippen LogP contribution < -0.4 is 5.32 Å². The van der Waals surface area contributed by atoms with Crippen molar-refractivity contribution in [3.05, 3.63) is 24.2 Å². The van der Waals surface area contributed by atoms with E-state index in [1.807, 2.05) is 0 Å². The van der Waals surface area contributed by atoms with Gasteiger partial charge in [0, 0.05) is 4.75 Å². The summed E-state index contributed by atoms with van der Waals surface area (Å²) in [6.07, 6.45) is 3.08. The van der Waals surface area contributed by atoms with Crippen molar-refractivity contribution in [1.82, 2.24) is 10.2 Å². The normalized spacial score (nSPS) is 28.9. The van der Waals surface area contributed by atoms with Crippen molar-refractivity contribution in [1.29, 1.82) is 0 Å². The van der Waals surface area contributed by atoms with Gasteiger partial charge in [-0.3, -0.25) is 9.59 Å². The van der Waals surface area contributed by atoms with Gasteiger partial charge >= 0.3 is 5.97 Å². The molecule has 2 aliphatic heterocycles. The van der Waals surface area contributed by atoms with E-state index in [1.165, 1.54) is 29.2 Å². The molecule has 2 saturated heterocycles. The molecule has 0 radical (unpaired) electrons. The molecule has 0 aromatic carbocycles. The molecule has 0 aliphatic carbocycles. The van der Waals surface area contributed by atoms with Gasteiger partial charge in [0.25, 0.3) is 0 Å². The van der Waals surface area contributed by atoms with Gasteiger partial charge in [0.1, 0.15) is 17.5 Å². The monoisotopic (exact) mass is 324 g/mol. The second kappa shape index (κ2) is 5.05. The molecule has 2 N–H and O–H groups in total. The summed E-state index contributed by atoms with van der Waals surface area (Å²) in [7, 11) is 0. The highest BCUT2D eigenvalue weighted by atomic mass is 32.2. The number of fused-ring (bicyclic) bond motifs is 1. The number of amides is 2. The van der Waals surface area contributed by atoms with E-state index in [0.717, 1.165) is 5.56 Å². The van der Waals surface area contributed by atoms with Crippen LogP contribution in [0.25, 0.3) is 0 Å². The van der Waals surface area contributed by atoms with Gasteiger partial charge in [0.2, 0.25) is 11.8 Å². The van der Waals surface area contributed by atoms with E-state index in [2.05, 4.69) is 5.32 Å². The first-order chi connectivity index (χ1) is 10.3. The second-order valence-corrected chi connectivity index (χ2v) is 7.72. The second-order valence-electron chi connectivity index (χ2n) is 5.95. The van der Waals surface area contributed by atoms with Gasteiger partial charge < -0.3 is 19.7 Å². The van der Waals surface area contributed by atoms with Crippen LogP contribution in [-0.4, -0.2) is 50.0 Å². The predicted molar refractivity (Wildman–Crippen MR) is 78.1 cm³/mol. The minimum absolute atomic E-state index is 0.128. The number of nitrogens with one attached hydrogen (secondary N) is 1. The van der Waals surface area contributed by atoms with Crippen molar-refractivity contribution in [3.63, 3.8) is 0 Å². The first-order valence-electron chi connectivity index (χ1n) is 6.84. The number of furan rings is 1. The van der Waals surface area contributed by atoms with Crippen molar-refractivity contribution in [2.24, 2.45) is 0 Å². The average molecular weight is 324 g/mol. The van der Waals surface area contributed by atoms with Crippen LogP contribution >= 0.6 is 11.8 Å². The van der Waals surface area contributed by atoms with Gasteiger partial charge in [0.05, 0.1) is 18.9 Å². The Morgan fingerprint density at radius 3 is 2.82 bits per heavy atom. The number of carboxylic acid groups (broad SMARTS) is 1. The Bertz CT molecular complexity index is 627. The molecule has 3 atom stereocenters. The molecule has 2 fully saturated rings. The van der Waals surface area contributed by atoms with E-state index in [9.17, 15) is 19.5 Å². The summed E-state index contributed by atoms with van der Waals surface area (Å²) >= 11 is 1.41. The van der Waals surface area contributed by atoms with Crippen LogP contribution in [0.4, 0.5) is 0 Å². The smallest absolute Gasteiger partial charge is 0.327 e. The highest BCUT2D eigenvalue weighted by Gasteiger charge is 2.64. The quantitative estimate of drug-likeness (QED) is 0.780. The number of carbonyl (C=O) groups is 3. The lowest BCUT2D eigenvalue weighted by Gasteiger charge is -2.43. The lowest BCUT2D eigenvalue weighted by Crippen LogP contribution is -2.70. The summed E-state index contributed by atoms with van der Waals surface area (Å²) in [5.41, 5.74) is 0.726. The number of carboxylic acids is 1. The maximum absolute atomic E-state index is 12.2. The molecule has 2 aliphatic rings. The third kappa shape index (κ3) is 2.27. The van der Waals surface area contributed by atoms with E-state index in [-0.39, 0.29) is 23.6 Å². The number of thioether (sulfide) groups is 1. The topological polar surface area (TPSA) is 99.9 Å². The first-order valence-corrected chi connectivity index (χ1v) is 7.72. The predicted octanol–water partition coefficient (Wildman–Crippen LogP) is 0.454. The summed E-state index contributed by atoms with van der Waals surface area (Å²) in [6.45, 7) is 3.60. The third-order valence-corrected chi connectivity index (χ3v) is 5.51. The molecule has 0 unspecified atom stereocenters. The number of rotatable bonds is 4. The summed E-state index contributed by atoms with van der Waals surface area (Å²) < 4.78 is 4.31. The maximum atomic E-state index is 12.2. The Balaban J connectivity index is 1.67. The maximum Gasteiger partial charge on any atom is 0.327 e. The van der Waals surface area contributed by atoms with Crippen molar-refractivity contribution in [2.75, 3.05) is 0 Å². The van der Waals surface area contributed by atoms with Crippen LogP contribution in [0.3, 0.4) is 0 Å². The molecule has 1 aromatic heterocycles. The van der Waals surface area contributed by atoms with Gasteiger partial charge in [-0.25, -0.2) is 4.79 Å². The van der Waals surface area contributed by atoms with Crippen LogP contribution in [-0.2, 0) is 20.8 Å². The fraction of sp³-hybridized carbons (Fsp3) is 0.500. The number of nitrogens with zero attached hydrogens (tertiary/aromatic N) is 1. The van der Waals surface area contributed by atoms with Crippen LogP contribution in [0.15, 0.2) is 23.0 Å². The van der Waals surface area contributed by atoms with Gasteiger partial charge in [-0.15, -0.1) is 11.8 Å². The molecule has 22 heavy (non-hydrogen) atoms. The van der Waals surface area contributed by atoms with Crippen molar-refractivity contribution >= 4 is 29.5 Å². The van der Waals surface area contributed by atoms with E-state index in [1.54, 1.807) is 19.9 Å². The van der Waals surface area contributed by atoms with Gasteiger partial charge in [-0.05, 0) is 25.5 Å². The van der Waals surface area contributed by atoms with Crippen LogP contribution in [0.1, 0.15) is 19.4 Å². The highest BCUT2D eigenvalue weighted by molar-refractivity contribution is 8.01. The molecular weight excluding hydrogens is 308 g/mol. The molecular formula is C14H16N2O5S. The molecule has 0 bridgehead atoms. The minimum atomic E-state index is -1.02. The van der Waals surface area contributed by atoms with E-state index >= 15 is 0 Å². The van der Waals surface area contributed by atoms with Crippen molar-refractivity contribution in [3.8, 4) is 0 Å². The average Bonchev–Trinajstić information content (AvgIpc) is 3.00. The molecule has 0 saturated carbocycles. The third-order valence-electron chi connectivity index (χ3n) is 3.94. The molecule has 118 valence electrons. The molecule has 0 spiro atoms. The summed E-state index contributed by atoms with van der Waals surface area (Å²) in [4.78, 5) is 36.9.